The van der Waals surface area contributed by atoms with Gasteiger partial charge >= 0.3 is 0 Å². The van der Waals surface area contributed by atoms with Gasteiger partial charge in [-0.15, -0.1) is 0 Å². The van der Waals surface area contributed by atoms with Crippen LogP contribution >= 0.6 is 0 Å². The molecule has 4 aliphatic rings. The molecular weight excluding hydrogens is 494 g/mol. The fraction of sp³-hybridized carbons (Fsp3) is 0.581. The maximum absolute atomic E-state index is 14.8. The Kier molecular flexibility index (Phi) is 7.00. The first kappa shape index (κ1) is 27.6. The molecule has 4 heterocycles. The predicted molar refractivity (Wildman–Crippen MR) is 149 cm³/mol. The maximum atomic E-state index is 14.8. The Balaban J connectivity index is 1.74. The van der Waals surface area contributed by atoms with E-state index >= 15 is 0 Å². The minimum atomic E-state index is -1.33. The minimum absolute atomic E-state index is 0.0631. The number of fused-ring (bicyclic) bond motifs is 2. The van der Waals surface area contributed by atoms with Gasteiger partial charge in [0, 0.05) is 25.8 Å². The molecule has 2 saturated heterocycles. The number of benzene rings is 1. The number of aryl methyl sites for hydroxylation is 2. The Morgan fingerprint density at radius 3 is 2.28 bits per heavy atom. The Labute approximate surface area is 231 Å². The number of amides is 3. The van der Waals surface area contributed by atoms with E-state index in [2.05, 4.69) is 0 Å². The summed E-state index contributed by atoms with van der Waals surface area (Å²) in [5.74, 6) is -2.41. The highest BCUT2D eigenvalue weighted by Gasteiger charge is 2.76. The van der Waals surface area contributed by atoms with Crippen molar-refractivity contribution in [1.29, 1.82) is 0 Å². The quantitative estimate of drug-likeness (QED) is 0.566. The van der Waals surface area contributed by atoms with Gasteiger partial charge in [0.2, 0.25) is 11.8 Å². The van der Waals surface area contributed by atoms with E-state index in [1.54, 1.807) is 21.7 Å². The summed E-state index contributed by atoms with van der Waals surface area (Å²) in [4.78, 5) is 48.3. The lowest BCUT2D eigenvalue weighted by Gasteiger charge is -2.42. The molecule has 1 spiro atoms. The lowest BCUT2D eigenvalue weighted by atomic mass is 9.73. The number of hydrogen-bond acceptors (Lipinski definition) is 5. The third-order valence-electron chi connectivity index (χ3n) is 9.63. The number of nitrogens with zero attached hydrogens (tertiary/aromatic N) is 3. The number of hydrogen-bond donors (Lipinski definition) is 1. The van der Waals surface area contributed by atoms with Crippen LogP contribution in [0.1, 0.15) is 44.7 Å². The van der Waals surface area contributed by atoms with Crippen molar-refractivity contribution in [2.45, 2.75) is 70.7 Å². The molecule has 4 aliphatic heterocycles. The van der Waals surface area contributed by atoms with Crippen LogP contribution in [0.5, 0.6) is 0 Å². The van der Waals surface area contributed by atoms with Crippen LogP contribution < -0.4 is 4.90 Å². The number of para-hydroxylation sites is 1. The van der Waals surface area contributed by atoms with E-state index in [1.165, 1.54) is 0 Å². The van der Waals surface area contributed by atoms with Gasteiger partial charge in [0.05, 0.1) is 30.1 Å². The largest absolute Gasteiger partial charge is 0.394 e. The molecule has 1 N–H and O–H groups in total. The molecule has 39 heavy (non-hydrogen) atoms. The minimum Gasteiger partial charge on any atom is -0.394 e. The van der Waals surface area contributed by atoms with Gasteiger partial charge in [-0.1, -0.05) is 69.7 Å². The molecule has 3 amide bonds. The Morgan fingerprint density at radius 2 is 1.67 bits per heavy atom. The van der Waals surface area contributed by atoms with E-state index in [0.717, 1.165) is 23.2 Å². The molecule has 0 radical (unpaired) electrons. The second-order valence-corrected chi connectivity index (χ2v) is 11.7. The van der Waals surface area contributed by atoms with Gasteiger partial charge in [0.1, 0.15) is 11.6 Å². The highest BCUT2D eigenvalue weighted by Crippen LogP contribution is 2.59. The summed E-state index contributed by atoms with van der Waals surface area (Å²) in [6.45, 7) is 10.4. The first-order chi connectivity index (χ1) is 18.6. The maximum Gasteiger partial charge on any atom is 0.253 e. The van der Waals surface area contributed by atoms with E-state index in [9.17, 15) is 19.5 Å². The number of aliphatic hydroxyl groups is 1. The first-order valence-corrected chi connectivity index (χ1v) is 14.2. The molecule has 0 saturated carbocycles. The summed E-state index contributed by atoms with van der Waals surface area (Å²) in [5.41, 5.74) is 0.401. The molecule has 1 aromatic carbocycles. The summed E-state index contributed by atoms with van der Waals surface area (Å²) >= 11 is 0. The van der Waals surface area contributed by atoms with E-state index in [0.29, 0.717) is 19.5 Å². The fourth-order valence-electron chi connectivity index (χ4n) is 7.42. The zero-order valence-electron chi connectivity index (χ0n) is 23.9. The van der Waals surface area contributed by atoms with E-state index < -0.39 is 35.1 Å². The zero-order valence-corrected chi connectivity index (χ0v) is 23.9. The average Bonchev–Trinajstić information content (AvgIpc) is 3.22. The van der Waals surface area contributed by atoms with E-state index in [-0.39, 0.29) is 30.2 Å². The van der Waals surface area contributed by atoms with Crippen LogP contribution in [-0.4, -0.2) is 82.7 Å². The molecule has 1 aromatic rings. The van der Waals surface area contributed by atoms with E-state index in [4.69, 9.17) is 4.74 Å². The van der Waals surface area contributed by atoms with Crippen molar-refractivity contribution in [1.82, 2.24) is 9.80 Å². The normalized spacial score (nSPS) is 33.6. The van der Waals surface area contributed by atoms with Gasteiger partial charge < -0.3 is 24.5 Å². The molecule has 7 atom stereocenters. The Morgan fingerprint density at radius 1 is 1.00 bits per heavy atom. The summed E-state index contributed by atoms with van der Waals surface area (Å²) in [5, 5.41) is 10.6. The van der Waals surface area contributed by atoms with Gasteiger partial charge in [-0.3, -0.25) is 14.4 Å². The Bertz CT molecular complexity index is 1220. The molecule has 0 aliphatic carbocycles. The highest BCUT2D eigenvalue weighted by molar-refractivity contribution is 6.06. The third-order valence-corrected chi connectivity index (χ3v) is 9.63. The molecule has 5 rings (SSSR count). The second kappa shape index (κ2) is 9.89. The highest BCUT2D eigenvalue weighted by atomic mass is 16.5. The van der Waals surface area contributed by atoms with Gasteiger partial charge in [0.25, 0.3) is 5.91 Å². The second-order valence-electron chi connectivity index (χ2n) is 11.7. The topological polar surface area (TPSA) is 90.4 Å². The van der Waals surface area contributed by atoms with Crippen molar-refractivity contribution in [2.24, 2.45) is 17.8 Å². The molecule has 2 fully saturated rings. The lowest BCUT2D eigenvalue weighted by Crippen LogP contribution is -2.60. The van der Waals surface area contributed by atoms with Crippen LogP contribution in [0.25, 0.3) is 0 Å². The predicted octanol–water partition coefficient (Wildman–Crippen LogP) is 3.00. The smallest absolute Gasteiger partial charge is 0.253 e. The lowest BCUT2D eigenvalue weighted by molar-refractivity contribution is -0.153. The van der Waals surface area contributed by atoms with Gasteiger partial charge in [-0.2, -0.15) is 0 Å². The van der Waals surface area contributed by atoms with Gasteiger partial charge in [0.15, 0.2) is 0 Å². The average molecular weight is 536 g/mol. The van der Waals surface area contributed by atoms with Crippen molar-refractivity contribution >= 4 is 23.4 Å². The van der Waals surface area contributed by atoms with Crippen molar-refractivity contribution < 1.29 is 24.2 Å². The SMILES string of the molecule is CC[C@H](C)[C@H](CO)N1C(=O)[C@@H]2[C@H]3C(=O)N(C)CC=C[C@@]3(CC)O[C@@]23C=CCN(c2c(C)cccc2C)C(=O)C13. The van der Waals surface area contributed by atoms with Crippen LogP contribution in [0.4, 0.5) is 5.69 Å². The molecule has 1 unspecified atom stereocenters. The van der Waals surface area contributed by atoms with Crippen LogP contribution in [0.3, 0.4) is 0 Å². The summed E-state index contributed by atoms with van der Waals surface area (Å²) in [6, 6.07) is 4.32. The molecule has 0 bridgehead atoms. The number of likely N-dealkylation sites (tertiary alicyclic amines) is 1. The van der Waals surface area contributed by atoms with Gasteiger partial charge in [-0.05, 0) is 37.3 Å². The standard InChI is InChI=1S/C31H41N3O5/c1-7-19(3)22(18-35)34-26-29(38)33(25-20(4)12-9-13-21(25)5)17-11-15-31(26)24(28(34)37)23-27(36)32(6)16-10-14-30(23,8-2)39-31/h9-15,19,22-24,26,35H,7-8,16-18H2,1-6H3/t19-,22-,23-,24-,26?,30+,31-/m0/s1. The third kappa shape index (κ3) is 3.82. The first-order valence-electron chi connectivity index (χ1n) is 14.2. The molecule has 210 valence electrons. The number of anilines is 1. The van der Waals surface area contributed by atoms with Crippen molar-refractivity contribution in [3.05, 3.63) is 53.6 Å². The molecule has 8 nitrogen and oxygen atoms in total. The van der Waals surface area contributed by atoms with Crippen LogP contribution in [0, 0.1) is 31.6 Å². The number of likely N-dealkylation sites (N-methyl/N-ethyl adjacent to an activating group) is 1. The van der Waals surface area contributed by atoms with Crippen molar-refractivity contribution in [2.75, 3.05) is 31.6 Å². The van der Waals surface area contributed by atoms with Crippen molar-refractivity contribution in [3.8, 4) is 0 Å². The Hall–Kier alpha value is -2.97. The van der Waals surface area contributed by atoms with Crippen molar-refractivity contribution in [3.63, 3.8) is 0 Å². The van der Waals surface area contributed by atoms with Gasteiger partial charge in [-0.25, -0.2) is 0 Å². The summed E-state index contributed by atoms with van der Waals surface area (Å²) in [7, 11) is 1.74. The fourth-order valence-corrected chi connectivity index (χ4v) is 7.42. The molecule has 8 heteroatoms. The number of aliphatic hydroxyl groups excluding tert-OH is 1. The number of rotatable bonds is 6. The summed E-state index contributed by atoms with van der Waals surface area (Å²) in [6.07, 6.45) is 8.87. The molecule has 0 aromatic heterocycles. The number of carbonyl (C=O) groups is 3. The summed E-state index contributed by atoms with van der Waals surface area (Å²) < 4.78 is 7.01. The van der Waals surface area contributed by atoms with Crippen LogP contribution in [0.15, 0.2) is 42.5 Å². The monoisotopic (exact) mass is 535 g/mol. The molecular formula is C31H41N3O5. The number of carbonyl (C=O) groups excluding carboxylic acids is 3. The zero-order chi connectivity index (χ0) is 28.3. The number of ether oxygens (including phenoxy) is 1. The van der Waals surface area contributed by atoms with Crippen LogP contribution in [0.2, 0.25) is 0 Å². The van der Waals surface area contributed by atoms with Crippen LogP contribution in [-0.2, 0) is 19.1 Å². The van der Waals surface area contributed by atoms with E-state index in [1.807, 2.05) is 77.1 Å².